The molecule has 7 heteroatoms. The number of nitrogens with two attached hydrogens (primary N) is 1. The number of hydrogen-bond acceptors (Lipinski definition) is 4. The van der Waals surface area contributed by atoms with Crippen LogP contribution in [0.25, 0.3) is 10.6 Å². The average Bonchev–Trinajstić information content (AvgIpc) is 2.82. The van der Waals surface area contributed by atoms with Gasteiger partial charge in [0.15, 0.2) is 0 Å². The van der Waals surface area contributed by atoms with Gasteiger partial charge in [-0.15, -0.1) is 24.5 Å². The van der Waals surface area contributed by atoms with Gasteiger partial charge in [0.1, 0.15) is 10.8 Å². The maximum absolute atomic E-state index is 12.3. The first-order valence-electron chi connectivity index (χ1n) is 6.54. The molecule has 1 aromatic carbocycles. The fourth-order valence-corrected chi connectivity index (χ4v) is 3.57. The summed E-state index contributed by atoms with van der Waals surface area (Å²) in [7, 11) is 0. The molecule has 0 bridgehead atoms. The standard InChI is InChI=1S/C14H13F3N2OS/c15-14(16,17)20-9-4-1-3-8(7-9)13-19-12-10(18)5-2-6-11(12)21-13/h1,3-4,7,10H,2,5-6,18H2. The lowest BCUT2D eigenvalue weighted by Crippen LogP contribution is -2.17. The molecule has 0 amide bonds. The molecule has 3 nitrogen and oxygen atoms in total. The van der Waals surface area contributed by atoms with Crippen molar-refractivity contribution in [1.29, 1.82) is 0 Å². The van der Waals surface area contributed by atoms with Gasteiger partial charge in [0.2, 0.25) is 0 Å². The molecule has 0 aliphatic heterocycles. The van der Waals surface area contributed by atoms with E-state index in [2.05, 4.69) is 9.72 Å². The largest absolute Gasteiger partial charge is 0.573 e. The molecular weight excluding hydrogens is 301 g/mol. The van der Waals surface area contributed by atoms with Crippen LogP contribution in [0.2, 0.25) is 0 Å². The Kier molecular flexibility index (Phi) is 3.62. The number of alkyl halides is 3. The van der Waals surface area contributed by atoms with Gasteiger partial charge in [-0.1, -0.05) is 12.1 Å². The Morgan fingerprint density at radius 2 is 2.14 bits per heavy atom. The Bertz CT molecular complexity index is 654. The Balaban J connectivity index is 1.92. The predicted octanol–water partition coefficient (Wildman–Crippen LogP) is 4.04. The summed E-state index contributed by atoms with van der Waals surface area (Å²) >= 11 is 1.49. The monoisotopic (exact) mass is 314 g/mol. The van der Waals surface area contributed by atoms with Crippen molar-refractivity contribution in [3.05, 3.63) is 34.8 Å². The van der Waals surface area contributed by atoms with Crippen molar-refractivity contribution < 1.29 is 17.9 Å². The molecule has 3 rings (SSSR count). The molecule has 1 atom stereocenters. The fourth-order valence-electron chi connectivity index (χ4n) is 2.40. The summed E-state index contributed by atoms with van der Waals surface area (Å²) in [6.45, 7) is 0. The molecule has 1 aliphatic carbocycles. The minimum atomic E-state index is -4.69. The summed E-state index contributed by atoms with van der Waals surface area (Å²) in [5.41, 5.74) is 7.51. The number of fused-ring (bicyclic) bond motifs is 1. The Morgan fingerprint density at radius 3 is 2.86 bits per heavy atom. The lowest BCUT2D eigenvalue weighted by molar-refractivity contribution is -0.274. The van der Waals surface area contributed by atoms with Gasteiger partial charge in [-0.25, -0.2) is 4.98 Å². The molecule has 1 aromatic heterocycles. The first kappa shape index (κ1) is 14.3. The molecule has 21 heavy (non-hydrogen) atoms. The van der Waals surface area contributed by atoms with Crippen molar-refractivity contribution in [2.45, 2.75) is 31.7 Å². The van der Waals surface area contributed by atoms with E-state index in [0.29, 0.717) is 10.6 Å². The number of rotatable bonds is 2. The summed E-state index contributed by atoms with van der Waals surface area (Å²) in [4.78, 5) is 5.63. The van der Waals surface area contributed by atoms with Gasteiger partial charge in [0.25, 0.3) is 0 Å². The molecule has 2 aromatic rings. The highest BCUT2D eigenvalue weighted by Gasteiger charge is 2.31. The third kappa shape index (κ3) is 3.19. The molecule has 2 N–H and O–H groups in total. The Labute approximate surface area is 123 Å². The van der Waals surface area contributed by atoms with E-state index in [0.717, 1.165) is 29.8 Å². The van der Waals surface area contributed by atoms with Crippen molar-refractivity contribution in [2.24, 2.45) is 5.73 Å². The van der Waals surface area contributed by atoms with E-state index < -0.39 is 6.36 Å². The first-order valence-corrected chi connectivity index (χ1v) is 7.35. The van der Waals surface area contributed by atoms with Crippen molar-refractivity contribution in [1.82, 2.24) is 4.98 Å². The summed E-state index contributed by atoms with van der Waals surface area (Å²) in [5, 5.41) is 0.685. The molecule has 0 saturated heterocycles. The molecule has 0 radical (unpaired) electrons. The van der Waals surface area contributed by atoms with Gasteiger partial charge in [-0.3, -0.25) is 0 Å². The maximum atomic E-state index is 12.3. The molecule has 112 valence electrons. The number of hydrogen-bond donors (Lipinski definition) is 1. The highest BCUT2D eigenvalue weighted by atomic mass is 32.1. The second-order valence-electron chi connectivity index (χ2n) is 4.90. The molecule has 1 aliphatic rings. The molecule has 0 spiro atoms. The van der Waals surface area contributed by atoms with Gasteiger partial charge >= 0.3 is 6.36 Å². The van der Waals surface area contributed by atoms with Gasteiger partial charge in [-0.05, 0) is 31.4 Å². The van der Waals surface area contributed by atoms with Crippen molar-refractivity contribution in [3.8, 4) is 16.3 Å². The zero-order valence-corrected chi connectivity index (χ0v) is 11.8. The molecule has 1 unspecified atom stereocenters. The fraction of sp³-hybridized carbons (Fsp3) is 0.357. The zero-order valence-electron chi connectivity index (χ0n) is 11.0. The topological polar surface area (TPSA) is 48.1 Å². The highest BCUT2D eigenvalue weighted by Crippen LogP contribution is 2.37. The van der Waals surface area contributed by atoms with Crippen LogP contribution in [0.4, 0.5) is 13.2 Å². The third-order valence-electron chi connectivity index (χ3n) is 3.31. The van der Waals surface area contributed by atoms with E-state index in [1.165, 1.54) is 29.5 Å². The number of benzene rings is 1. The third-order valence-corrected chi connectivity index (χ3v) is 4.49. The summed E-state index contributed by atoms with van der Waals surface area (Å²) in [6, 6.07) is 5.79. The zero-order chi connectivity index (χ0) is 15.0. The number of halogens is 3. The maximum Gasteiger partial charge on any atom is 0.573 e. The van der Waals surface area contributed by atoms with Crippen LogP contribution >= 0.6 is 11.3 Å². The van der Waals surface area contributed by atoms with Crippen molar-refractivity contribution in [3.63, 3.8) is 0 Å². The molecule has 0 saturated carbocycles. The SMILES string of the molecule is NC1CCCc2sc(-c3cccc(OC(F)(F)F)c3)nc21. The van der Waals surface area contributed by atoms with E-state index >= 15 is 0 Å². The Hall–Kier alpha value is -1.60. The normalized spacial score (nSPS) is 18.4. The van der Waals surface area contributed by atoms with Gasteiger partial charge in [0, 0.05) is 16.5 Å². The van der Waals surface area contributed by atoms with Crippen LogP contribution in [0.3, 0.4) is 0 Å². The predicted molar refractivity (Wildman–Crippen MR) is 74.1 cm³/mol. The van der Waals surface area contributed by atoms with Crippen LogP contribution in [-0.4, -0.2) is 11.3 Å². The van der Waals surface area contributed by atoms with E-state index in [4.69, 9.17) is 5.73 Å². The van der Waals surface area contributed by atoms with Crippen LogP contribution in [0, 0.1) is 0 Å². The van der Waals surface area contributed by atoms with Gasteiger partial charge in [-0.2, -0.15) is 0 Å². The Morgan fingerprint density at radius 1 is 1.33 bits per heavy atom. The summed E-state index contributed by atoms with van der Waals surface area (Å²) in [6.07, 6.45) is -1.84. The highest BCUT2D eigenvalue weighted by molar-refractivity contribution is 7.15. The average molecular weight is 314 g/mol. The number of aromatic nitrogens is 1. The number of nitrogens with zero attached hydrogens (tertiary/aromatic N) is 1. The van der Waals surface area contributed by atoms with Crippen molar-refractivity contribution >= 4 is 11.3 Å². The smallest absolute Gasteiger partial charge is 0.406 e. The van der Waals surface area contributed by atoms with Crippen LogP contribution < -0.4 is 10.5 Å². The molecule has 1 heterocycles. The minimum Gasteiger partial charge on any atom is -0.406 e. The van der Waals surface area contributed by atoms with E-state index in [9.17, 15) is 13.2 Å². The van der Waals surface area contributed by atoms with Gasteiger partial charge < -0.3 is 10.5 Å². The van der Waals surface area contributed by atoms with Crippen LogP contribution in [0.1, 0.15) is 29.5 Å². The number of ether oxygens (including phenoxy) is 1. The second-order valence-corrected chi connectivity index (χ2v) is 5.99. The number of aryl methyl sites for hydroxylation is 1. The summed E-state index contributed by atoms with van der Waals surface area (Å²) < 4.78 is 40.7. The molecular formula is C14H13F3N2OS. The quantitative estimate of drug-likeness (QED) is 0.910. The van der Waals surface area contributed by atoms with E-state index in [1.807, 2.05) is 0 Å². The molecule has 0 fully saturated rings. The summed E-state index contributed by atoms with van der Waals surface area (Å²) in [5.74, 6) is -0.238. The van der Waals surface area contributed by atoms with Crippen LogP contribution in [0.15, 0.2) is 24.3 Å². The van der Waals surface area contributed by atoms with Crippen LogP contribution in [-0.2, 0) is 6.42 Å². The minimum absolute atomic E-state index is 0.0756. The number of thiazole rings is 1. The lowest BCUT2D eigenvalue weighted by Gasteiger charge is -2.15. The van der Waals surface area contributed by atoms with E-state index in [-0.39, 0.29) is 11.8 Å². The van der Waals surface area contributed by atoms with E-state index in [1.54, 1.807) is 6.07 Å². The second kappa shape index (κ2) is 5.31. The van der Waals surface area contributed by atoms with Crippen LogP contribution in [0.5, 0.6) is 5.75 Å². The van der Waals surface area contributed by atoms with Gasteiger partial charge in [0.05, 0.1) is 5.69 Å². The lowest BCUT2D eigenvalue weighted by atomic mass is 9.99. The first-order chi connectivity index (χ1) is 9.92. The van der Waals surface area contributed by atoms with Crippen molar-refractivity contribution in [2.75, 3.05) is 0 Å².